The van der Waals surface area contributed by atoms with Gasteiger partial charge in [-0.1, -0.05) is 0 Å². The highest BCUT2D eigenvalue weighted by Gasteiger charge is 2.32. The Balaban J connectivity index is 2.81. The molecule has 0 aliphatic heterocycles. The van der Waals surface area contributed by atoms with Crippen molar-refractivity contribution < 1.29 is 13.2 Å². The first-order valence-corrected chi connectivity index (χ1v) is 5.96. The lowest BCUT2D eigenvalue weighted by molar-refractivity contribution is -0.139. The summed E-state index contributed by atoms with van der Waals surface area (Å²) in [7, 11) is 3.26. The lowest BCUT2D eigenvalue weighted by Crippen LogP contribution is -2.33. The third-order valence-corrected chi connectivity index (χ3v) is 3.62. The van der Waals surface area contributed by atoms with E-state index in [4.69, 9.17) is 0 Å². The largest absolute Gasteiger partial charge is 0.390 e. The number of aryl methyl sites for hydroxylation is 2. The summed E-state index contributed by atoms with van der Waals surface area (Å²) in [5, 5.41) is 6.84. The summed E-state index contributed by atoms with van der Waals surface area (Å²) < 4.78 is 39.4. The first-order valence-electron chi connectivity index (χ1n) is 5.16. The summed E-state index contributed by atoms with van der Waals surface area (Å²) in [6, 6.07) is -0.638. The molecule has 0 saturated heterocycles. The Kier molecular flexibility index (Phi) is 4.60. The quantitative estimate of drug-likeness (QED) is 0.926. The number of hydrogen-bond acceptors (Lipinski definition) is 2. The predicted molar refractivity (Wildman–Crippen MR) is 62.9 cm³/mol. The number of halogens is 4. The number of rotatable bonds is 4. The van der Waals surface area contributed by atoms with Crippen molar-refractivity contribution in [3.8, 4) is 0 Å². The fourth-order valence-electron chi connectivity index (χ4n) is 1.69. The van der Waals surface area contributed by atoms with E-state index in [0.717, 1.165) is 15.9 Å². The van der Waals surface area contributed by atoms with Crippen molar-refractivity contribution in [3.05, 3.63) is 15.9 Å². The molecule has 0 aliphatic carbocycles. The van der Waals surface area contributed by atoms with Gasteiger partial charge in [0.2, 0.25) is 0 Å². The van der Waals surface area contributed by atoms with Crippen LogP contribution in [0.5, 0.6) is 0 Å². The molecule has 0 amide bonds. The van der Waals surface area contributed by atoms with Crippen LogP contribution in [0.15, 0.2) is 4.47 Å². The Morgan fingerprint density at radius 1 is 1.47 bits per heavy atom. The van der Waals surface area contributed by atoms with Gasteiger partial charge in [-0.2, -0.15) is 18.3 Å². The molecular formula is C10H15BrF3N3. The van der Waals surface area contributed by atoms with E-state index in [2.05, 4.69) is 26.3 Å². The molecule has 0 aromatic carbocycles. The van der Waals surface area contributed by atoms with E-state index in [9.17, 15) is 13.2 Å². The van der Waals surface area contributed by atoms with E-state index in [0.29, 0.717) is 0 Å². The predicted octanol–water partition coefficient (Wildman–Crippen LogP) is 2.57. The molecule has 3 nitrogen and oxygen atoms in total. The Labute approximate surface area is 107 Å². The molecule has 1 rings (SSSR count). The lowest BCUT2D eigenvalue weighted by atomic mass is 10.1. The molecule has 0 fully saturated rings. The number of nitrogens with zero attached hydrogens (tertiary/aromatic N) is 2. The van der Waals surface area contributed by atoms with Crippen molar-refractivity contribution in [1.82, 2.24) is 15.1 Å². The van der Waals surface area contributed by atoms with E-state index in [1.807, 2.05) is 6.92 Å². The second-order valence-electron chi connectivity index (χ2n) is 3.98. The van der Waals surface area contributed by atoms with Crippen LogP contribution in [0, 0.1) is 6.92 Å². The average molecular weight is 314 g/mol. The molecule has 0 saturated carbocycles. The van der Waals surface area contributed by atoms with E-state index in [-0.39, 0.29) is 6.42 Å². The fourth-order valence-corrected chi connectivity index (χ4v) is 2.19. The molecule has 1 unspecified atom stereocenters. The maximum atomic E-state index is 12.3. The maximum Gasteiger partial charge on any atom is 0.390 e. The van der Waals surface area contributed by atoms with Gasteiger partial charge in [0.05, 0.1) is 22.3 Å². The van der Waals surface area contributed by atoms with Crippen LogP contribution in [0.1, 0.15) is 17.8 Å². The van der Waals surface area contributed by atoms with Gasteiger partial charge in [-0.25, -0.2) is 0 Å². The fraction of sp³-hybridized carbons (Fsp3) is 0.700. The van der Waals surface area contributed by atoms with Gasteiger partial charge < -0.3 is 5.32 Å². The van der Waals surface area contributed by atoms with Crippen molar-refractivity contribution in [1.29, 1.82) is 0 Å². The first-order chi connectivity index (χ1) is 7.74. The minimum atomic E-state index is -4.16. The second kappa shape index (κ2) is 5.39. The summed E-state index contributed by atoms with van der Waals surface area (Å²) in [5.41, 5.74) is 1.55. The molecular weight excluding hydrogens is 299 g/mol. The standard InChI is InChI=1S/C10H15BrF3N3/c1-6-9(11)8(17(3)16-6)4-7(15-2)5-10(12,13)14/h7,15H,4-5H2,1-3H3. The highest BCUT2D eigenvalue weighted by molar-refractivity contribution is 9.10. The number of nitrogens with one attached hydrogen (secondary N) is 1. The molecule has 1 atom stereocenters. The van der Waals surface area contributed by atoms with Gasteiger partial charge in [0.15, 0.2) is 0 Å². The zero-order valence-electron chi connectivity index (χ0n) is 9.90. The van der Waals surface area contributed by atoms with Gasteiger partial charge in [-0.3, -0.25) is 4.68 Å². The summed E-state index contributed by atoms with van der Waals surface area (Å²) in [6.45, 7) is 1.81. The van der Waals surface area contributed by atoms with Crippen molar-refractivity contribution in [3.63, 3.8) is 0 Å². The number of aromatic nitrogens is 2. The van der Waals surface area contributed by atoms with Crippen molar-refractivity contribution in [2.45, 2.75) is 32.0 Å². The van der Waals surface area contributed by atoms with Crippen LogP contribution in [-0.4, -0.2) is 29.0 Å². The molecule has 0 bridgehead atoms. The second-order valence-corrected chi connectivity index (χ2v) is 4.77. The molecule has 1 aromatic heterocycles. The van der Waals surface area contributed by atoms with Crippen molar-refractivity contribution in [2.24, 2.45) is 7.05 Å². The van der Waals surface area contributed by atoms with Gasteiger partial charge in [-0.05, 0) is 29.9 Å². The molecule has 7 heteroatoms. The first kappa shape index (κ1) is 14.5. The topological polar surface area (TPSA) is 29.9 Å². The van der Waals surface area contributed by atoms with Crippen LogP contribution in [-0.2, 0) is 13.5 Å². The van der Waals surface area contributed by atoms with E-state index >= 15 is 0 Å². The minimum Gasteiger partial charge on any atom is -0.316 e. The Hall–Kier alpha value is -0.560. The smallest absolute Gasteiger partial charge is 0.316 e. The van der Waals surface area contributed by atoms with Crippen LogP contribution in [0.4, 0.5) is 13.2 Å². The van der Waals surface area contributed by atoms with Crippen LogP contribution in [0.2, 0.25) is 0 Å². The Bertz CT molecular complexity index is 387. The van der Waals surface area contributed by atoms with Gasteiger partial charge in [0.25, 0.3) is 0 Å². The zero-order valence-corrected chi connectivity index (χ0v) is 11.5. The molecule has 1 N–H and O–H groups in total. The summed E-state index contributed by atoms with van der Waals surface area (Å²) in [6.07, 6.45) is -4.72. The molecule has 1 aromatic rings. The van der Waals surface area contributed by atoms with Crippen LogP contribution in [0.25, 0.3) is 0 Å². The highest BCUT2D eigenvalue weighted by atomic mass is 79.9. The van der Waals surface area contributed by atoms with Gasteiger partial charge >= 0.3 is 6.18 Å². The maximum absolute atomic E-state index is 12.3. The highest BCUT2D eigenvalue weighted by Crippen LogP contribution is 2.26. The minimum absolute atomic E-state index is 0.286. The van der Waals surface area contributed by atoms with E-state index in [1.54, 1.807) is 11.7 Å². The monoisotopic (exact) mass is 313 g/mol. The van der Waals surface area contributed by atoms with Gasteiger partial charge in [0, 0.05) is 19.5 Å². The van der Waals surface area contributed by atoms with Gasteiger partial charge in [-0.15, -0.1) is 0 Å². The van der Waals surface area contributed by atoms with E-state index < -0.39 is 18.6 Å². The molecule has 17 heavy (non-hydrogen) atoms. The molecule has 0 spiro atoms. The molecule has 0 radical (unpaired) electrons. The average Bonchev–Trinajstić information content (AvgIpc) is 2.42. The SMILES string of the molecule is CNC(Cc1c(Br)c(C)nn1C)CC(F)(F)F. The van der Waals surface area contributed by atoms with Crippen molar-refractivity contribution >= 4 is 15.9 Å². The van der Waals surface area contributed by atoms with Crippen LogP contribution in [0.3, 0.4) is 0 Å². The molecule has 98 valence electrons. The lowest BCUT2D eigenvalue weighted by Gasteiger charge is -2.18. The Morgan fingerprint density at radius 3 is 2.41 bits per heavy atom. The zero-order chi connectivity index (χ0) is 13.2. The summed E-state index contributed by atoms with van der Waals surface area (Å²) in [4.78, 5) is 0. The number of hydrogen-bond donors (Lipinski definition) is 1. The van der Waals surface area contributed by atoms with E-state index in [1.165, 1.54) is 7.05 Å². The third-order valence-electron chi connectivity index (χ3n) is 2.59. The van der Waals surface area contributed by atoms with Gasteiger partial charge in [0.1, 0.15) is 0 Å². The summed E-state index contributed by atoms with van der Waals surface area (Å²) >= 11 is 3.35. The van der Waals surface area contributed by atoms with Crippen molar-refractivity contribution in [2.75, 3.05) is 7.05 Å². The molecule has 1 heterocycles. The van der Waals surface area contributed by atoms with Crippen LogP contribution < -0.4 is 5.32 Å². The Morgan fingerprint density at radius 2 is 2.06 bits per heavy atom. The normalized spacial score (nSPS) is 14.1. The number of alkyl halides is 3. The third kappa shape index (κ3) is 3.99. The summed E-state index contributed by atoms with van der Waals surface area (Å²) in [5.74, 6) is 0. The molecule has 0 aliphatic rings. The number of likely N-dealkylation sites (N-methyl/N-ethyl adjacent to an activating group) is 1. The van der Waals surface area contributed by atoms with Crippen LogP contribution >= 0.6 is 15.9 Å².